The molecule has 1 atom stereocenters. The Morgan fingerprint density at radius 1 is 1.47 bits per heavy atom. The van der Waals surface area contributed by atoms with Crippen LogP contribution in [0.25, 0.3) is 0 Å². The number of quaternary nitrogens is 1. The molecule has 1 fully saturated rings. The first kappa shape index (κ1) is 12.2. The van der Waals surface area contributed by atoms with Crippen molar-refractivity contribution >= 4 is 5.97 Å². The summed E-state index contributed by atoms with van der Waals surface area (Å²) in [5.74, 6) is -0.0793. The minimum atomic E-state index is -0.362. The minimum Gasteiger partial charge on any atom is -0.457 e. The van der Waals surface area contributed by atoms with Crippen LogP contribution in [0.5, 0.6) is 0 Å². The second kappa shape index (κ2) is 5.87. The van der Waals surface area contributed by atoms with Gasteiger partial charge in [-0.1, -0.05) is 0 Å². The fourth-order valence-corrected chi connectivity index (χ4v) is 2.34. The van der Waals surface area contributed by atoms with Crippen molar-refractivity contribution in [3.05, 3.63) is 24.2 Å². The van der Waals surface area contributed by atoms with Crippen molar-refractivity contribution in [1.29, 1.82) is 0 Å². The second-order valence-corrected chi connectivity index (χ2v) is 4.71. The molecule has 4 nitrogen and oxygen atoms in total. The number of esters is 1. The van der Waals surface area contributed by atoms with Crippen LogP contribution in [0.3, 0.4) is 0 Å². The van der Waals surface area contributed by atoms with Gasteiger partial charge >= 0.3 is 5.97 Å². The zero-order valence-electron chi connectivity index (χ0n) is 10.3. The maximum atomic E-state index is 11.6. The van der Waals surface area contributed by atoms with E-state index in [0.29, 0.717) is 0 Å². The van der Waals surface area contributed by atoms with Crippen LogP contribution in [-0.2, 0) is 4.74 Å². The van der Waals surface area contributed by atoms with Gasteiger partial charge < -0.3 is 14.1 Å². The lowest BCUT2D eigenvalue weighted by Gasteiger charge is -2.25. The Hall–Kier alpha value is -1.29. The summed E-state index contributed by atoms with van der Waals surface area (Å²) < 4.78 is 10.3. The van der Waals surface area contributed by atoms with E-state index in [1.54, 1.807) is 12.1 Å². The summed E-state index contributed by atoms with van der Waals surface area (Å²) in [5, 5.41) is 0. The van der Waals surface area contributed by atoms with Gasteiger partial charge in [0.15, 0.2) is 0 Å². The van der Waals surface area contributed by atoms with Crippen LogP contribution < -0.4 is 4.90 Å². The smallest absolute Gasteiger partial charge is 0.374 e. The van der Waals surface area contributed by atoms with E-state index in [2.05, 4.69) is 0 Å². The zero-order chi connectivity index (χ0) is 12.1. The average Bonchev–Trinajstić information content (AvgIpc) is 2.83. The third-order valence-electron chi connectivity index (χ3n) is 3.17. The molecule has 0 aliphatic carbocycles. The highest BCUT2D eigenvalue weighted by Gasteiger charge is 2.20. The van der Waals surface area contributed by atoms with Gasteiger partial charge in [0.05, 0.1) is 19.4 Å². The van der Waals surface area contributed by atoms with E-state index in [1.807, 2.05) is 6.92 Å². The third-order valence-corrected chi connectivity index (χ3v) is 3.17. The van der Waals surface area contributed by atoms with E-state index in [-0.39, 0.29) is 17.8 Å². The first-order chi connectivity index (χ1) is 8.25. The maximum absolute atomic E-state index is 11.6. The molecule has 94 valence electrons. The van der Waals surface area contributed by atoms with Crippen LogP contribution in [0.15, 0.2) is 22.8 Å². The summed E-state index contributed by atoms with van der Waals surface area (Å²) >= 11 is 0. The molecule has 1 saturated heterocycles. The number of hydrogen-bond donors (Lipinski definition) is 1. The van der Waals surface area contributed by atoms with Crippen molar-refractivity contribution in [2.75, 3.05) is 19.6 Å². The Bertz CT molecular complexity index is 342. The number of carbonyl (C=O) groups excluding carboxylic acids is 1. The number of hydrogen-bond acceptors (Lipinski definition) is 3. The van der Waals surface area contributed by atoms with Gasteiger partial charge in [0.2, 0.25) is 5.76 Å². The van der Waals surface area contributed by atoms with E-state index in [9.17, 15) is 4.79 Å². The van der Waals surface area contributed by atoms with E-state index in [4.69, 9.17) is 9.15 Å². The standard InChI is InChI=1S/C13H19NO3/c1-11(10-14-7-3-2-4-8-14)17-13(15)12-6-5-9-16-12/h5-6,9,11H,2-4,7-8,10H2,1H3/p+1/t11-/m0/s1. The summed E-state index contributed by atoms with van der Waals surface area (Å²) in [5.41, 5.74) is 0. The molecule has 0 saturated carbocycles. The molecular weight excluding hydrogens is 218 g/mol. The molecular formula is C13H20NO3+. The van der Waals surface area contributed by atoms with Gasteiger partial charge in [-0.05, 0) is 38.3 Å². The number of nitrogens with one attached hydrogen (secondary N) is 1. The summed E-state index contributed by atoms with van der Waals surface area (Å²) in [6.07, 6.45) is 5.34. The largest absolute Gasteiger partial charge is 0.457 e. The van der Waals surface area contributed by atoms with Crippen molar-refractivity contribution in [1.82, 2.24) is 0 Å². The van der Waals surface area contributed by atoms with E-state index < -0.39 is 0 Å². The molecule has 1 aliphatic rings. The van der Waals surface area contributed by atoms with Gasteiger partial charge in [-0.25, -0.2) is 4.79 Å². The predicted octanol–water partition coefficient (Wildman–Crippen LogP) is 0.894. The molecule has 1 N–H and O–H groups in total. The number of furan rings is 1. The van der Waals surface area contributed by atoms with Gasteiger partial charge in [0, 0.05) is 0 Å². The Morgan fingerprint density at radius 2 is 2.24 bits per heavy atom. The topological polar surface area (TPSA) is 43.9 Å². The normalized spacial score (nSPS) is 18.9. The summed E-state index contributed by atoms with van der Waals surface area (Å²) in [7, 11) is 0. The third kappa shape index (κ3) is 3.60. The average molecular weight is 238 g/mol. The molecule has 1 aromatic heterocycles. The lowest BCUT2D eigenvalue weighted by atomic mass is 10.1. The van der Waals surface area contributed by atoms with Crippen LogP contribution in [0, 0.1) is 0 Å². The molecule has 4 heteroatoms. The lowest BCUT2D eigenvalue weighted by Crippen LogP contribution is -3.13. The van der Waals surface area contributed by atoms with E-state index in [1.165, 1.54) is 43.5 Å². The van der Waals surface area contributed by atoms with Crippen molar-refractivity contribution < 1.29 is 18.8 Å². The van der Waals surface area contributed by atoms with Gasteiger partial charge in [0.25, 0.3) is 0 Å². The Kier molecular flexibility index (Phi) is 4.20. The SMILES string of the molecule is C[C@@H](C[NH+]1CCCCC1)OC(=O)c1ccco1. The highest BCUT2D eigenvalue weighted by atomic mass is 16.6. The molecule has 2 heterocycles. The molecule has 0 spiro atoms. The number of likely N-dealkylation sites (tertiary alicyclic amines) is 1. The fraction of sp³-hybridized carbons (Fsp3) is 0.615. The van der Waals surface area contributed by atoms with Gasteiger partial charge in [-0.2, -0.15) is 0 Å². The van der Waals surface area contributed by atoms with Crippen LogP contribution in [-0.4, -0.2) is 31.7 Å². The molecule has 0 bridgehead atoms. The van der Waals surface area contributed by atoms with Crippen LogP contribution in [0.2, 0.25) is 0 Å². The number of piperidine rings is 1. The van der Waals surface area contributed by atoms with Gasteiger partial charge in [0.1, 0.15) is 12.6 Å². The Morgan fingerprint density at radius 3 is 2.88 bits per heavy atom. The second-order valence-electron chi connectivity index (χ2n) is 4.71. The number of ether oxygens (including phenoxy) is 1. The molecule has 1 aliphatic heterocycles. The molecule has 0 aromatic carbocycles. The van der Waals surface area contributed by atoms with Crippen molar-refractivity contribution in [2.45, 2.75) is 32.3 Å². The molecule has 0 unspecified atom stereocenters. The summed E-state index contributed by atoms with van der Waals surface area (Å²) in [6.45, 7) is 5.24. The number of carbonyl (C=O) groups is 1. The summed E-state index contributed by atoms with van der Waals surface area (Å²) in [6, 6.07) is 3.32. The minimum absolute atomic E-state index is 0.0549. The van der Waals surface area contributed by atoms with Crippen LogP contribution in [0.1, 0.15) is 36.7 Å². The highest BCUT2D eigenvalue weighted by molar-refractivity contribution is 5.86. The Labute approximate surface area is 102 Å². The van der Waals surface area contributed by atoms with E-state index in [0.717, 1.165) is 6.54 Å². The molecule has 0 amide bonds. The van der Waals surface area contributed by atoms with Crippen molar-refractivity contribution in [3.8, 4) is 0 Å². The fourth-order valence-electron chi connectivity index (χ4n) is 2.34. The van der Waals surface area contributed by atoms with Gasteiger partial charge in [-0.15, -0.1) is 0 Å². The van der Waals surface area contributed by atoms with Crippen LogP contribution in [0.4, 0.5) is 0 Å². The molecule has 17 heavy (non-hydrogen) atoms. The molecule has 1 aromatic rings. The van der Waals surface area contributed by atoms with Crippen molar-refractivity contribution in [3.63, 3.8) is 0 Å². The van der Waals surface area contributed by atoms with Crippen LogP contribution >= 0.6 is 0 Å². The quantitative estimate of drug-likeness (QED) is 0.792. The Balaban J connectivity index is 1.76. The predicted molar refractivity (Wildman–Crippen MR) is 63.0 cm³/mol. The maximum Gasteiger partial charge on any atom is 0.374 e. The highest BCUT2D eigenvalue weighted by Crippen LogP contribution is 2.04. The summed E-state index contributed by atoms with van der Waals surface area (Å²) in [4.78, 5) is 13.2. The van der Waals surface area contributed by atoms with Crippen molar-refractivity contribution in [2.24, 2.45) is 0 Å². The zero-order valence-corrected chi connectivity index (χ0v) is 10.3. The van der Waals surface area contributed by atoms with Gasteiger partial charge in [-0.3, -0.25) is 0 Å². The first-order valence-corrected chi connectivity index (χ1v) is 6.34. The monoisotopic (exact) mass is 238 g/mol. The molecule has 2 rings (SSSR count). The lowest BCUT2D eigenvalue weighted by molar-refractivity contribution is -0.907. The first-order valence-electron chi connectivity index (χ1n) is 6.34. The van der Waals surface area contributed by atoms with E-state index >= 15 is 0 Å². The number of rotatable bonds is 4. The molecule has 0 radical (unpaired) electrons.